The minimum Gasteiger partial charge on any atom is -0.756 e. The molecule has 0 aromatic heterocycles. The number of phosphoric acid groups is 1. The van der Waals surface area contributed by atoms with Gasteiger partial charge in [0.05, 0.1) is 33.8 Å². The lowest BCUT2D eigenvalue weighted by Gasteiger charge is -2.30. The molecule has 0 aromatic carbocycles. The Labute approximate surface area is 500 Å². The standard InChI is InChI=1S/C71H125N2O7P/c1-7-10-13-16-19-22-25-27-29-31-33-35-36-38-39-41-43-45-48-51-54-57-60-63-70(74)72-68(67-79-81(76,77)78-66-65-73(4,5)6)69(62-59-56-53-50-47-24-21-18-15-12-9-3)80-71(75)64-61-58-55-52-49-46-44-42-40-37-34-32-30-28-26-23-20-17-14-11-8-2/h11,14,19-20,22-23,27-30,33-35,37,42,44,59,62,68-69H,7-10,12-13,15-18,21,24-26,31-32,36,38-41,43,45-58,60-61,63-67H2,1-6H3,(H-,72,74,76,77)/b14-11-,22-19-,23-20-,29-27-,30-28-,35-33-,37-34-,44-42-,62-59+. The van der Waals surface area contributed by atoms with Crippen molar-refractivity contribution in [3.05, 3.63) is 109 Å². The van der Waals surface area contributed by atoms with Gasteiger partial charge in [-0.3, -0.25) is 14.2 Å². The summed E-state index contributed by atoms with van der Waals surface area (Å²) in [6.45, 7) is 6.68. The molecular weight excluding hydrogens is 1020 g/mol. The number of ether oxygens (including phenoxy) is 1. The zero-order valence-electron chi connectivity index (χ0n) is 53.2. The third kappa shape index (κ3) is 61.1. The van der Waals surface area contributed by atoms with Gasteiger partial charge in [-0.2, -0.15) is 0 Å². The third-order valence-corrected chi connectivity index (χ3v) is 15.2. The van der Waals surface area contributed by atoms with E-state index in [4.69, 9.17) is 13.8 Å². The second-order valence-electron chi connectivity index (χ2n) is 23.2. The summed E-state index contributed by atoms with van der Waals surface area (Å²) in [5.74, 6) is -0.570. The Kier molecular flexibility index (Phi) is 57.4. The topological polar surface area (TPSA) is 114 Å². The van der Waals surface area contributed by atoms with Crippen LogP contribution in [0.15, 0.2) is 109 Å². The number of hydrogen-bond donors (Lipinski definition) is 1. The van der Waals surface area contributed by atoms with Gasteiger partial charge >= 0.3 is 5.97 Å². The summed E-state index contributed by atoms with van der Waals surface area (Å²) in [6.07, 6.45) is 82.0. The molecule has 0 radical (unpaired) electrons. The number of esters is 1. The first-order valence-electron chi connectivity index (χ1n) is 33.2. The number of carbonyl (C=O) groups is 2. The zero-order valence-corrected chi connectivity index (χ0v) is 54.1. The molecule has 0 aromatic rings. The molecule has 1 amide bonds. The molecule has 0 aliphatic carbocycles. The highest BCUT2D eigenvalue weighted by atomic mass is 31.2. The van der Waals surface area contributed by atoms with E-state index in [1.54, 1.807) is 0 Å². The van der Waals surface area contributed by atoms with Crippen LogP contribution in [0.5, 0.6) is 0 Å². The summed E-state index contributed by atoms with van der Waals surface area (Å²) in [6, 6.07) is -0.906. The SMILES string of the molecule is CC/C=C\C/C=C\C/C=C\C/C=C\C/C=C\CCCCCCCC(=O)OC(/C=C/CCCCCCCCCCC)C(COP(=O)([O-])OCC[N+](C)(C)C)NC(=O)CCCCCCCCCCCC/C=C\C/C=C\C/C=C\CCCCC. The van der Waals surface area contributed by atoms with E-state index in [0.29, 0.717) is 23.9 Å². The molecule has 0 rings (SSSR count). The Balaban J connectivity index is 5.17. The van der Waals surface area contributed by atoms with Crippen molar-refractivity contribution < 1.29 is 37.3 Å². The average Bonchev–Trinajstić information content (AvgIpc) is 3.43. The molecule has 3 unspecified atom stereocenters. The molecule has 0 aliphatic rings. The summed E-state index contributed by atoms with van der Waals surface area (Å²) < 4.78 is 30.3. The van der Waals surface area contributed by atoms with E-state index in [1.807, 2.05) is 33.3 Å². The van der Waals surface area contributed by atoms with Crippen LogP contribution in [0.2, 0.25) is 0 Å². The van der Waals surface area contributed by atoms with E-state index in [-0.39, 0.29) is 24.9 Å². The zero-order chi connectivity index (χ0) is 59.3. The first-order chi connectivity index (χ1) is 39.4. The Morgan fingerprint density at radius 2 is 0.790 bits per heavy atom. The number of carbonyl (C=O) groups excluding carboxylic acids is 2. The van der Waals surface area contributed by atoms with Crippen molar-refractivity contribution in [1.82, 2.24) is 5.32 Å². The molecule has 0 fully saturated rings. The summed E-state index contributed by atoms with van der Waals surface area (Å²) >= 11 is 0. The lowest BCUT2D eigenvalue weighted by molar-refractivity contribution is -0.870. The Bertz CT molecular complexity index is 1750. The molecule has 0 saturated carbocycles. The number of quaternary nitrogens is 1. The first kappa shape index (κ1) is 77.7. The van der Waals surface area contributed by atoms with Crippen LogP contribution in [0.25, 0.3) is 0 Å². The van der Waals surface area contributed by atoms with Gasteiger partial charge in [-0.05, 0) is 115 Å². The van der Waals surface area contributed by atoms with Crippen molar-refractivity contribution in [1.29, 1.82) is 0 Å². The number of phosphoric ester groups is 1. The van der Waals surface area contributed by atoms with Crippen molar-refractivity contribution in [2.45, 2.75) is 290 Å². The summed E-state index contributed by atoms with van der Waals surface area (Å²) in [5, 5.41) is 3.03. The van der Waals surface area contributed by atoms with E-state index in [2.05, 4.69) is 123 Å². The highest BCUT2D eigenvalue weighted by Gasteiger charge is 2.27. The van der Waals surface area contributed by atoms with Crippen molar-refractivity contribution in [3.8, 4) is 0 Å². The van der Waals surface area contributed by atoms with Crippen LogP contribution in [0.3, 0.4) is 0 Å². The number of hydrogen-bond acceptors (Lipinski definition) is 7. The Hall–Kier alpha value is -3.33. The number of unbranched alkanes of at least 4 members (excludes halogenated alkanes) is 27. The monoisotopic (exact) mass is 1150 g/mol. The molecule has 0 aliphatic heterocycles. The van der Waals surface area contributed by atoms with Gasteiger partial charge in [-0.1, -0.05) is 259 Å². The number of likely N-dealkylation sites (N-methyl/N-ethyl adjacent to an activating group) is 1. The van der Waals surface area contributed by atoms with E-state index >= 15 is 0 Å². The maximum absolute atomic E-state index is 13.6. The quantitative estimate of drug-likeness (QED) is 0.0212. The van der Waals surface area contributed by atoms with Crippen LogP contribution < -0.4 is 10.2 Å². The molecule has 3 atom stereocenters. The van der Waals surface area contributed by atoms with Crippen LogP contribution >= 0.6 is 7.82 Å². The van der Waals surface area contributed by atoms with Crippen LogP contribution in [-0.2, 0) is 27.9 Å². The fourth-order valence-corrected chi connectivity index (χ4v) is 9.81. The van der Waals surface area contributed by atoms with Crippen molar-refractivity contribution in [3.63, 3.8) is 0 Å². The maximum Gasteiger partial charge on any atom is 0.306 e. The molecule has 81 heavy (non-hydrogen) atoms. The minimum atomic E-state index is -4.71. The number of nitrogens with one attached hydrogen (secondary N) is 1. The molecule has 0 bridgehead atoms. The largest absolute Gasteiger partial charge is 0.756 e. The molecule has 0 heterocycles. The summed E-state index contributed by atoms with van der Waals surface area (Å²) in [4.78, 5) is 40.1. The van der Waals surface area contributed by atoms with Gasteiger partial charge in [0.2, 0.25) is 5.91 Å². The van der Waals surface area contributed by atoms with E-state index in [1.165, 1.54) is 109 Å². The fourth-order valence-electron chi connectivity index (χ4n) is 9.08. The van der Waals surface area contributed by atoms with Gasteiger partial charge in [0.1, 0.15) is 19.3 Å². The molecule has 10 heteroatoms. The van der Waals surface area contributed by atoms with E-state index < -0.39 is 26.6 Å². The predicted octanol–water partition coefficient (Wildman–Crippen LogP) is 20.3. The average molecular weight is 1150 g/mol. The highest BCUT2D eigenvalue weighted by Crippen LogP contribution is 2.38. The predicted molar refractivity (Wildman–Crippen MR) is 348 cm³/mol. The van der Waals surface area contributed by atoms with Crippen LogP contribution in [0.1, 0.15) is 278 Å². The molecule has 1 N–H and O–H groups in total. The first-order valence-corrected chi connectivity index (χ1v) is 34.7. The van der Waals surface area contributed by atoms with Gasteiger partial charge in [0, 0.05) is 12.8 Å². The number of amides is 1. The maximum atomic E-state index is 13.6. The van der Waals surface area contributed by atoms with Gasteiger partial charge in [0.25, 0.3) is 7.82 Å². The van der Waals surface area contributed by atoms with Crippen molar-refractivity contribution >= 4 is 19.7 Å². The van der Waals surface area contributed by atoms with Gasteiger partial charge < -0.3 is 28.5 Å². The fraction of sp³-hybridized carbons (Fsp3) is 0.718. The Morgan fingerprint density at radius 1 is 0.444 bits per heavy atom. The Morgan fingerprint density at radius 3 is 1.21 bits per heavy atom. The number of allylic oxidation sites excluding steroid dienone is 17. The summed E-state index contributed by atoms with van der Waals surface area (Å²) in [5.41, 5.74) is 0. The molecular formula is C71H125N2O7P. The van der Waals surface area contributed by atoms with Gasteiger partial charge in [-0.15, -0.1) is 0 Å². The molecule has 9 nitrogen and oxygen atoms in total. The normalized spacial score (nSPS) is 14.3. The van der Waals surface area contributed by atoms with Crippen LogP contribution in [0, 0.1) is 0 Å². The number of rotatable bonds is 59. The van der Waals surface area contributed by atoms with Gasteiger partial charge in [-0.25, -0.2) is 0 Å². The lowest BCUT2D eigenvalue weighted by Crippen LogP contribution is -2.47. The van der Waals surface area contributed by atoms with Gasteiger partial charge in [0.15, 0.2) is 0 Å². The highest BCUT2D eigenvalue weighted by molar-refractivity contribution is 7.45. The lowest BCUT2D eigenvalue weighted by atomic mass is 10.0. The van der Waals surface area contributed by atoms with Crippen molar-refractivity contribution in [2.75, 3.05) is 40.9 Å². The van der Waals surface area contributed by atoms with Crippen LogP contribution in [0.4, 0.5) is 0 Å². The second-order valence-corrected chi connectivity index (χ2v) is 24.6. The minimum absolute atomic E-state index is 0.0317. The van der Waals surface area contributed by atoms with E-state index in [9.17, 15) is 19.0 Å². The molecule has 466 valence electrons. The van der Waals surface area contributed by atoms with E-state index in [0.717, 1.165) is 128 Å². The molecule has 0 spiro atoms. The smallest absolute Gasteiger partial charge is 0.306 e. The van der Waals surface area contributed by atoms with Crippen molar-refractivity contribution in [2.24, 2.45) is 0 Å². The van der Waals surface area contributed by atoms with Crippen LogP contribution in [-0.4, -0.2) is 69.4 Å². The second kappa shape index (κ2) is 59.8. The molecule has 0 saturated heterocycles. The summed E-state index contributed by atoms with van der Waals surface area (Å²) in [7, 11) is 1.16. The third-order valence-electron chi connectivity index (χ3n) is 14.2. The number of nitrogens with zero attached hydrogens (tertiary/aromatic N) is 1.